The molecule has 3 aromatic carbocycles. The molecule has 1 aliphatic rings. The Kier molecular flexibility index (Phi) is 6.56. The summed E-state index contributed by atoms with van der Waals surface area (Å²) in [4.78, 5) is 29.2. The molecule has 166 valence electrons. The van der Waals surface area contributed by atoms with Crippen molar-refractivity contribution in [2.75, 3.05) is 6.61 Å². The van der Waals surface area contributed by atoms with Crippen LogP contribution in [0.25, 0.3) is 6.08 Å². The summed E-state index contributed by atoms with van der Waals surface area (Å²) in [5, 5.41) is 0.515. The van der Waals surface area contributed by atoms with Gasteiger partial charge in [0.05, 0.1) is 12.2 Å². The van der Waals surface area contributed by atoms with E-state index in [-0.39, 0.29) is 17.3 Å². The molecule has 0 N–H and O–H groups in total. The van der Waals surface area contributed by atoms with Crippen LogP contribution >= 0.6 is 11.6 Å². The van der Waals surface area contributed by atoms with Crippen molar-refractivity contribution in [3.8, 4) is 11.5 Å². The molecule has 3 aromatic rings. The number of hydrogen-bond donors (Lipinski definition) is 0. The van der Waals surface area contributed by atoms with E-state index >= 15 is 0 Å². The summed E-state index contributed by atoms with van der Waals surface area (Å²) in [5.41, 5.74) is 2.78. The minimum atomic E-state index is -0.571. The standard InChI is InChI=1S/C26H20ClNO5/c1-3-31-23-14-17(10-11-22(23)32-25(29)19-8-4-6-16(2)12-19)13-21-26(30)33-24(28-21)18-7-5-9-20(27)15-18/h4-15H,3H2,1-2H3/b21-13-. The summed E-state index contributed by atoms with van der Waals surface area (Å²) in [7, 11) is 0. The van der Waals surface area contributed by atoms with Crippen LogP contribution in [0.2, 0.25) is 5.02 Å². The largest absolute Gasteiger partial charge is 0.490 e. The topological polar surface area (TPSA) is 74.2 Å². The fourth-order valence-electron chi connectivity index (χ4n) is 3.21. The summed E-state index contributed by atoms with van der Waals surface area (Å²) in [6.45, 7) is 4.10. The molecule has 7 heteroatoms. The lowest BCUT2D eigenvalue weighted by atomic mass is 10.1. The average Bonchev–Trinajstić information content (AvgIpc) is 3.16. The second-order valence-corrected chi connectivity index (χ2v) is 7.68. The van der Waals surface area contributed by atoms with Gasteiger partial charge < -0.3 is 14.2 Å². The Morgan fingerprint density at radius 1 is 1.06 bits per heavy atom. The number of cyclic esters (lactones) is 1. The van der Waals surface area contributed by atoms with E-state index in [1.54, 1.807) is 66.7 Å². The van der Waals surface area contributed by atoms with Crippen LogP contribution in [0.5, 0.6) is 11.5 Å². The van der Waals surface area contributed by atoms with Crippen molar-refractivity contribution in [1.29, 1.82) is 0 Å². The van der Waals surface area contributed by atoms with E-state index in [1.165, 1.54) is 0 Å². The number of aryl methyl sites for hydroxylation is 1. The van der Waals surface area contributed by atoms with E-state index in [2.05, 4.69) is 4.99 Å². The molecule has 33 heavy (non-hydrogen) atoms. The number of hydrogen-bond acceptors (Lipinski definition) is 6. The van der Waals surface area contributed by atoms with Crippen LogP contribution < -0.4 is 9.47 Å². The molecule has 0 fully saturated rings. The normalized spacial score (nSPS) is 14.1. The molecule has 0 radical (unpaired) electrons. The van der Waals surface area contributed by atoms with Gasteiger partial charge in [0, 0.05) is 10.6 Å². The molecule has 0 amide bonds. The van der Waals surface area contributed by atoms with Gasteiger partial charge >= 0.3 is 11.9 Å². The van der Waals surface area contributed by atoms with Crippen LogP contribution in [0, 0.1) is 6.92 Å². The van der Waals surface area contributed by atoms with E-state index in [0.29, 0.717) is 34.1 Å². The second kappa shape index (κ2) is 9.71. The quantitative estimate of drug-likeness (QED) is 0.271. The summed E-state index contributed by atoms with van der Waals surface area (Å²) in [6.07, 6.45) is 1.58. The highest BCUT2D eigenvalue weighted by Crippen LogP contribution is 2.31. The van der Waals surface area contributed by atoms with Crippen molar-refractivity contribution in [3.63, 3.8) is 0 Å². The molecule has 0 aromatic heterocycles. The maximum Gasteiger partial charge on any atom is 0.363 e. The minimum Gasteiger partial charge on any atom is -0.490 e. The number of esters is 2. The van der Waals surface area contributed by atoms with Crippen LogP contribution in [-0.4, -0.2) is 24.4 Å². The Bertz CT molecular complexity index is 1300. The molecular formula is C26H20ClNO5. The lowest BCUT2D eigenvalue weighted by molar-refractivity contribution is -0.129. The molecule has 4 rings (SSSR count). The zero-order valence-electron chi connectivity index (χ0n) is 18.0. The number of aliphatic imine (C=N–C) groups is 1. The molecule has 6 nitrogen and oxygen atoms in total. The first-order chi connectivity index (χ1) is 15.9. The fourth-order valence-corrected chi connectivity index (χ4v) is 3.40. The fraction of sp³-hybridized carbons (Fsp3) is 0.115. The van der Waals surface area contributed by atoms with Crippen molar-refractivity contribution < 1.29 is 23.8 Å². The highest BCUT2D eigenvalue weighted by atomic mass is 35.5. The summed E-state index contributed by atoms with van der Waals surface area (Å²) in [5.74, 6) is -0.220. The molecule has 0 aliphatic carbocycles. The Morgan fingerprint density at radius 3 is 2.64 bits per heavy atom. The summed E-state index contributed by atoms with van der Waals surface area (Å²) >= 11 is 6.01. The predicted octanol–water partition coefficient (Wildman–Crippen LogP) is 5.61. The molecule has 0 saturated carbocycles. The number of benzene rings is 3. The van der Waals surface area contributed by atoms with Crippen LogP contribution in [0.15, 0.2) is 77.4 Å². The van der Waals surface area contributed by atoms with E-state index in [1.807, 2.05) is 19.9 Å². The molecule has 1 aliphatic heterocycles. The Labute approximate surface area is 196 Å². The monoisotopic (exact) mass is 461 g/mol. The summed E-state index contributed by atoms with van der Waals surface area (Å²) < 4.78 is 16.5. The lowest BCUT2D eigenvalue weighted by Gasteiger charge is -2.11. The third-order valence-electron chi connectivity index (χ3n) is 4.72. The maximum atomic E-state index is 12.5. The Balaban J connectivity index is 1.60. The molecule has 0 saturated heterocycles. The van der Waals surface area contributed by atoms with Crippen molar-refractivity contribution in [2.24, 2.45) is 4.99 Å². The SMILES string of the molecule is CCOc1cc(/C=C2\N=C(c3cccc(Cl)c3)OC2=O)ccc1OC(=O)c1cccc(C)c1. The van der Waals surface area contributed by atoms with Gasteiger partial charge in [-0.1, -0.05) is 41.4 Å². The van der Waals surface area contributed by atoms with Crippen molar-refractivity contribution >= 4 is 35.5 Å². The third-order valence-corrected chi connectivity index (χ3v) is 4.95. The van der Waals surface area contributed by atoms with Gasteiger partial charge in [0.2, 0.25) is 5.90 Å². The van der Waals surface area contributed by atoms with Gasteiger partial charge in [-0.05, 0) is 68.0 Å². The number of rotatable bonds is 6. The van der Waals surface area contributed by atoms with Crippen molar-refractivity contribution in [2.45, 2.75) is 13.8 Å². The van der Waals surface area contributed by atoms with Gasteiger partial charge in [-0.3, -0.25) is 0 Å². The minimum absolute atomic E-state index is 0.136. The van der Waals surface area contributed by atoms with Gasteiger partial charge in [-0.25, -0.2) is 14.6 Å². The number of halogens is 1. The van der Waals surface area contributed by atoms with E-state index in [9.17, 15) is 9.59 Å². The maximum absolute atomic E-state index is 12.5. The van der Waals surface area contributed by atoms with Crippen LogP contribution in [0.4, 0.5) is 0 Å². The zero-order chi connectivity index (χ0) is 23.4. The van der Waals surface area contributed by atoms with Gasteiger partial charge in [0.25, 0.3) is 0 Å². The average molecular weight is 462 g/mol. The number of ether oxygens (including phenoxy) is 3. The number of carbonyl (C=O) groups excluding carboxylic acids is 2. The van der Waals surface area contributed by atoms with Gasteiger partial charge in [-0.15, -0.1) is 0 Å². The van der Waals surface area contributed by atoms with E-state index in [4.69, 9.17) is 25.8 Å². The van der Waals surface area contributed by atoms with E-state index in [0.717, 1.165) is 5.56 Å². The van der Waals surface area contributed by atoms with E-state index < -0.39 is 11.9 Å². The molecule has 0 bridgehead atoms. The first kappa shape index (κ1) is 22.3. The van der Waals surface area contributed by atoms with Crippen LogP contribution in [0.3, 0.4) is 0 Å². The van der Waals surface area contributed by atoms with Crippen LogP contribution in [-0.2, 0) is 9.53 Å². The first-order valence-electron chi connectivity index (χ1n) is 10.3. The van der Waals surface area contributed by atoms with Gasteiger partial charge in [0.15, 0.2) is 17.2 Å². The lowest BCUT2D eigenvalue weighted by Crippen LogP contribution is -2.10. The Morgan fingerprint density at radius 2 is 1.88 bits per heavy atom. The molecule has 0 unspecified atom stereocenters. The highest BCUT2D eigenvalue weighted by Gasteiger charge is 2.24. The van der Waals surface area contributed by atoms with Crippen molar-refractivity contribution in [1.82, 2.24) is 0 Å². The van der Waals surface area contributed by atoms with Gasteiger partial charge in [-0.2, -0.15) is 0 Å². The molecule has 0 spiro atoms. The predicted molar refractivity (Wildman–Crippen MR) is 126 cm³/mol. The zero-order valence-corrected chi connectivity index (χ0v) is 18.8. The second-order valence-electron chi connectivity index (χ2n) is 7.24. The molecule has 1 heterocycles. The first-order valence-corrected chi connectivity index (χ1v) is 10.6. The van der Waals surface area contributed by atoms with Gasteiger partial charge in [0.1, 0.15) is 0 Å². The molecule has 0 atom stereocenters. The third kappa shape index (κ3) is 5.30. The number of nitrogens with zero attached hydrogens (tertiary/aromatic N) is 1. The van der Waals surface area contributed by atoms with Crippen molar-refractivity contribution in [3.05, 3.63) is 99.7 Å². The number of carbonyl (C=O) groups is 2. The van der Waals surface area contributed by atoms with Crippen LogP contribution in [0.1, 0.15) is 34.0 Å². The Hall–Kier alpha value is -3.90. The highest BCUT2D eigenvalue weighted by molar-refractivity contribution is 6.31. The summed E-state index contributed by atoms with van der Waals surface area (Å²) in [6, 6.07) is 19.0. The smallest absolute Gasteiger partial charge is 0.363 e. The molecular weight excluding hydrogens is 442 g/mol.